The van der Waals surface area contributed by atoms with Crippen molar-refractivity contribution < 1.29 is 14.3 Å². The van der Waals surface area contributed by atoms with Crippen LogP contribution in [0, 0.1) is 13.8 Å². The third kappa shape index (κ3) is 5.90. The molecule has 4 rings (SSSR count). The summed E-state index contributed by atoms with van der Waals surface area (Å²) in [4.78, 5) is 31.8. The first-order valence-corrected chi connectivity index (χ1v) is 13.4. The van der Waals surface area contributed by atoms with E-state index in [-0.39, 0.29) is 30.6 Å². The Morgan fingerprint density at radius 3 is 2.61 bits per heavy atom. The smallest absolute Gasteiger partial charge is 0.322 e. The maximum atomic E-state index is 13.7. The number of carbonyl (C=O) groups excluding carboxylic acids is 2. The van der Waals surface area contributed by atoms with Gasteiger partial charge in [0.05, 0.1) is 6.04 Å². The van der Waals surface area contributed by atoms with E-state index in [0.717, 1.165) is 41.0 Å². The number of nitrogens with one attached hydrogen (secondary N) is 1. The Morgan fingerprint density at radius 2 is 1.89 bits per heavy atom. The molecule has 1 aliphatic heterocycles. The number of anilines is 1. The summed E-state index contributed by atoms with van der Waals surface area (Å²) < 4.78 is 6.21. The summed E-state index contributed by atoms with van der Waals surface area (Å²) in [6, 6.07) is 17.2. The Morgan fingerprint density at radius 1 is 1.14 bits per heavy atom. The Kier molecular flexibility index (Phi) is 8.31. The predicted molar refractivity (Wildman–Crippen MR) is 146 cm³/mol. The minimum absolute atomic E-state index is 0.0209. The highest BCUT2D eigenvalue weighted by molar-refractivity contribution is 7.10. The number of nitrogens with zero attached hydrogens (tertiary/aromatic N) is 2. The van der Waals surface area contributed by atoms with E-state index in [0.29, 0.717) is 13.2 Å². The quantitative estimate of drug-likeness (QED) is 0.396. The third-order valence-corrected chi connectivity index (χ3v) is 7.89. The number of ether oxygens (including phenoxy) is 1. The number of urea groups is 1. The Bertz CT molecular complexity index is 1190. The molecule has 2 heterocycles. The topological polar surface area (TPSA) is 61.9 Å². The number of hydrogen-bond donors (Lipinski definition) is 1. The van der Waals surface area contributed by atoms with Crippen molar-refractivity contribution in [2.45, 2.75) is 52.6 Å². The van der Waals surface area contributed by atoms with Crippen LogP contribution in [0.2, 0.25) is 0 Å². The van der Waals surface area contributed by atoms with Crippen molar-refractivity contribution in [3.63, 3.8) is 0 Å². The molecule has 6 nitrogen and oxygen atoms in total. The van der Waals surface area contributed by atoms with Gasteiger partial charge >= 0.3 is 6.03 Å². The van der Waals surface area contributed by atoms with Gasteiger partial charge < -0.3 is 19.9 Å². The molecular formula is C29H35N3O3S. The average molecular weight is 506 g/mol. The molecule has 0 radical (unpaired) electrons. The molecule has 0 spiro atoms. The number of carbonyl (C=O) groups is 2. The fourth-order valence-electron chi connectivity index (χ4n) is 4.48. The second-order valence-corrected chi connectivity index (χ2v) is 10.4. The van der Waals surface area contributed by atoms with Crippen LogP contribution in [-0.4, -0.2) is 47.5 Å². The molecule has 3 aromatic rings. The van der Waals surface area contributed by atoms with Crippen molar-refractivity contribution >= 4 is 29.0 Å². The number of hydrogen-bond acceptors (Lipinski definition) is 4. The van der Waals surface area contributed by atoms with Crippen LogP contribution in [0.25, 0.3) is 0 Å². The minimum atomic E-state index is -0.262. The van der Waals surface area contributed by atoms with E-state index in [1.165, 1.54) is 4.88 Å². The van der Waals surface area contributed by atoms with Gasteiger partial charge in [-0.3, -0.25) is 4.79 Å². The summed E-state index contributed by atoms with van der Waals surface area (Å²) in [5, 5.41) is 5.04. The zero-order chi connectivity index (χ0) is 25.7. The second kappa shape index (κ2) is 11.6. The molecule has 190 valence electrons. The first-order chi connectivity index (χ1) is 17.4. The molecule has 1 aliphatic rings. The molecule has 0 bridgehead atoms. The molecule has 0 unspecified atom stereocenters. The maximum absolute atomic E-state index is 13.7. The van der Waals surface area contributed by atoms with E-state index in [2.05, 4.69) is 16.8 Å². The summed E-state index contributed by atoms with van der Waals surface area (Å²) in [6.07, 6.45) is 1.57. The summed E-state index contributed by atoms with van der Waals surface area (Å²) in [6.45, 7) is 9.04. The lowest BCUT2D eigenvalue weighted by molar-refractivity contribution is -0.135. The summed E-state index contributed by atoms with van der Waals surface area (Å²) in [5.41, 5.74) is 4.05. The monoisotopic (exact) mass is 505 g/mol. The molecule has 0 aliphatic carbocycles. The lowest BCUT2D eigenvalue weighted by atomic mass is 10.00. The lowest BCUT2D eigenvalue weighted by Gasteiger charge is -2.38. The maximum Gasteiger partial charge on any atom is 0.322 e. The zero-order valence-electron chi connectivity index (χ0n) is 21.5. The number of aryl methyl sites for hydroxylation is 2. The van der Waals surface area contributed by atoms with Gasteiger partial charge in [-0.2, -0.15) is 0 Å². The Balaban J connectivity index is 1.51. The van der Waals surface area contributed by atoms with Gasteiger partial charge in [0.15, 0.2) is 0 Å². The molecule has 1 aromatic heterocycles. The van der Waals surface area contributed by atoms with Crippen molar-refractivity contribution in [1.29, 1.82) is 0 Å². The SMILES string of the molecule is CC[C@@H](C)N(CC(=O)N1CCc2sccc2[C@@H]1COc1ccccc1C)C(=O)Nc1ccc(C)cc1. The number of benzene rings is 2. The first kappa shape index (κ1) is 25.8. The number of thiophene rings is 1. The normalized spacial score (nSPS) is 15.7. The zero-order valence-corrected chi connectivity index (χ0v) is 22.3. The summed E-state index contributed by atoms with van der Waals surface area (Å²) in [5.74, 6) is 0.760. The summed E-state index contributed by atoms with van der Waals surface area (Å²) >= 11 is 1.73. The van der Waals surface area contributed by atoms with E-state index in [1.807, 2.05) is 81.1 Å². The number of para-hydroxylation sites is 1. The Hall–Kier alpha value is -3.32. The highest BCUT2D eigenvalue weighted by Crippen LogP contribution is 2.34. The van der Waals surface area contributed by atoms with Gasteiger partial charge in [-0.25, -0.2) is 4.79 Å². The van der Waals surface area contributed by atoms with E-state index >= 15 is 0 Å². The van der Waals surface area contributed by atoms with Crippen molar-refractivity contribution in [1.82, 2.24) is 9.80 Å². The van der Waals surface area contributed by atoms with Gasteiger partial charge in [-0.1, -0.05) is 42.8 Å². The van der Waals surface area contributed by atoms with Crippen LogP contribution in [0.4, 0.5) is 10.5 Å². The fraction of sp³-hybridized carbons (Fsp3) is 0.379. The molecule has 2 aromatic carbocycles. The molecule has 3 amide bonds. The van der Waals surface area contributed by atoms with Crippen molar-refractivity contribution in [2.24, 2.45) is 0 Å². The van der Waals surface area contributed by atoms with Crippen LogP contribution < -0.4 is 10.1 Å². The van der Waals surface area contributed by atoms with Gasteiger partial charge in [-0.05, 0) is 74.4 Å². The van der Waals surface area contributed by atoms with Crippen LogP contribution in [0.5, 0.6) is 5.75 Å². The highest BCUT2D eigenvalue weighted by Gasteiger charge is 2.34. The number of amides is 3. The average Bonchev–Trinajstić information content (AvgIpc) is 3.36. The van der Waals surface area contributed by atoms with Crippen molar-refractivity contribution in [3.8, 4) is 5.75 Å². The van der Waals surface area contributed by atoms with Crippen LogP contribution >= 0.6 is 11.3 Å². The molecule has 0 fully saturated rings. The highest BCUT2D eigenvalue weighted by atomic mass is 32.1. The Labute approximate surface area is 217 Å². The second-order valence-electron chi connectivity index (χ2n) is 9.41. The predicted octanol–water partition coefficient (Wildman–Crippen LogP) is 6.20. The van der Waals surface area contributed by atoms with Gasteiger partial charge in [-0.15, -0.1) is 11.3 Å². The van der Waals surface area contributed by atoms with Gasteiger partial charge in [0.25, 0.3) is 0 Å². The largest absolute Gasteiger partial charge is 0.491 e. The fourth-order valence-corrected chi connectivity index (χ4v) is 5.41. The minimum Gasteiger partial charge on any atom is -0.491 e. The number of fused-ring (bicyclic) bond motifs is 1. The third-order valence-electron chi connectivity index (χ3n) is 6.90. The van der Waals surface area contributed by atoms with E-state index < -0.39 is 0 Å². The molecule has 2 atom stereocenters. The van der Waals surface area contributed by atoms with Crippen molar-refractivity contribution in [3.05, 3.63) is 81.5 Å². The van der Waals surface area contributed by atoms with E-state index in [1.54, 1.807) is 16.2 Å². The van der Waals surface area contributed by atoms with Crippen LogP contribution in [-0.2, 0) is 11.2 Å². The van der Waals surface area contributed by atoms with E-state index in [4.69, 9.17) is 4.74 Å². The molecule has 7 heteroatoms. The number of rotatable bonds is 8. The summed E-state index contributed by atoms with van der Waals surface area (Å²) in [7, 11) is 0. The first-order valence-electron chi connectivity index (χ1n) is 12.6. The van der Waals surface area contributed by atoms with Gasteiger partial charge in [0.1, 0.15) is 18.9 Å². The van der Waals surface area contributed by atoms with Crippen LogP contribution in [0.15, 0.2) is 60.0 Å². The van der Waals surface area contributed by atoms with Gasteiger partial charge in [0.2, 0.25) is 5.91 Å². The molecule has 36 heavy (non-hydrogen) atoms. The lowest BCUT2D eigenvalue weighted by Crippen LogP contribution is -2.50. The molecule has 0 saturated heterocycles. The molecule has 1 N–H and O–H groups in total. The van der Waals surface area contributed by atoms with E-state index in [9.17, 15) is 9.59 Å². The van der Waals surface area contributed by atoms with Crippen LogP contribution in [0.1, 0.15) is 47.9 Å². The standard InChI is InChI=1S/C29H35N3O3S/c1-5-22(4)32(29(34)30-23-12-10-20(2)11-13-23)18-28(33)31-16-14-27-24(15-17-36-27)25(31)19-35-26-9-7-6-8-21(26)3/h6-13,15,17,22,25H,5,14,16,18-19H2,1-4H3,(H,30,34)/t22-,25+/m1/s1. The molecule has 0 saturated carbocycles. The van der Waals surface area contributed by atoms with Crippen molar-refractivity contribution in [2.75, 3.05) is 25.0 Å². The molecular weight excluding hydrogens is 470 g/mol. The van der Waals surface area contributed by atoms with Crippen LogP contribution in [0.3, 0.4) is 0 Å². The van der Waals surface area contributed by atoms with Gasteiger partial charge in [0, 0.05) is 23.2 Å².